The van der Waals surface area contributed by atoms with E-state index in [1.807, 2.05) is 65.0 Å². The molecule has 0 bridgehead atoms. The standard InChI is InChI=1S/C30H47N3O6/c1-12-30(9,21-16-14-13-15-17-21)23(33(11)27(38)39-29(6,7)8)24(34)31-22(28(3,4)5)25(35)32(10)19-18-20(2)26(36)37/h13-18,22-23H,12,19H2,1-11H3,(H,31,34)(H,36,37)/b20-18+. The quantitative estimate of drug-likeness (QED) is 0.415. The Bertz CT molecular complexity index is 1050. The van der Waals surface area contributed by atoms with E-state index >= 15 is 0 Å². The highest BCUT2D eigenvalue weighted by Crippen LogP contribution is 2.35. The molecule has 1 aromatic carbocycles. The van der Waals surface area contributed by atoms with Crippen molar-refractivity contribution in [3.63, 3.8) is 0 Å². The first-order valence-corrected chi connectivity index (χ1v) is 13.2. The van der Waals surface area contributed by atoms with Crippen LogP contribution in [-0.2, 0) is 24.5 Å². The fourth-order valence-corrected chi connectivity index (χ4v) is 4.25. The first kappa shape index (κ1) is 33.7. The first-order chi connectivity index (χ1) is 17.8. The fraction of sp³-hybridized carbons (Fsp3) is 0.600. The van der Waals surface area contributed by atoms with Gasteiger partial charge in [-0.05, 0) is 45.1 Å². The number of nitrogens with zero attached hydrogens (tertiary/aromatic N) is 2. The molecule has 218 valence electrons. The largest absolute Gasteiger partial charge is 0.478 e. The minimum Gasteiger partial charge on any atom is -0.478 e. The Morgan fingerprint density at radius 1 is 1.00 bits per heavy atom. The molecule has 0 saturated heterocycles. The maximum atomic E-state index is 14.2. The summed E-state index contributed by atoms with van der Waals surface area (Å²) in [5, 5.41) is 12.1. The molecule has 1 aromatic rings. The third-order valence-corrected chi connectivity index (χ3v) is 6.87. The molecule has 9 nitrogen and oxygen atoms in total. The molecule has 3 unspecified atom stereocenters. The number of carboxylic acid groups (broad SMARTS) is 1. The summed E-state index contributed by atoms with van der Waals surface area (Å²) in [6.45, 7) is 16.2. The van der Waals surface area contributed by atoms with Gasteiger partial charge in [-0.3, -0.25) is 14.5 Å². The molecule has 39 heavy (non-hydrogen) atoms. The second-order valence-electron chi connectivity index (χ2n) is 12.3. The lowest BCUT2D eigenvalue weighted by atomic mass is 9.72. The Labute approximate surface area is 233 Å². The number of carbonyl (C=O) groups excluding carboxylic acids is 3. The van der Waals surface area contributed by atoms with Crippen LogP contribution in [-0.4, -0.2) is 77.1 Å². The van der Waals surface area contributed by atoms with Gasteiger partial charge in [0.05, 0.1) is 0 Å². The molecule has 0 aromatic heterocycles. The zero-order valence-corrected chi connectivity index (χ0v) is 25.4. The van der Waals surface area contributed by atoms with E-state index in [-0.39, 0.29) is 18.0 Å². The number of nitrogens with one attached hydrogen (secondary N) is 1. The Balaban J connectivity index is 3.53. The van der Waals surface area contributed by atoms with Gasteiger partial charge in [-0.25, -0.2) is 9.59 Å². The lowest BCUT2D eigenvalue weighted by Crippen LogP contribution is -2.63. The predicted molar refractivity (Wildman–Crippen MR) is 152 cm³/mol. The molecule has 0 aliphatic carbocycles. The summed E-state index contributed by atoms with van der Waals surface area (Å²) in [6, 6.07) is 7.55. The molecule has 0 aliphatic heterocycles. The van der Waals surface area contributed by atoms with Gasteiger partial charge in [-0.2, -0.15) is 0 Å². The average molecular weight is 546 g/mol. The smallest absolute Gasteiger partial charge is 0.410 e. The van der Waals surface area contributed by atoms with Gasteiger partial charge in [-0.1, -0.05) is 71.0 Å². The van der Waals surface area contributed by atoms with Crippen LogP contribution < -0.4 is 5.32 Å². The van der Waals surface area contributed by atoms with Crippen molar-refractivity contribution in [2.24, 2.45) is 5.41 Å². The van der Waals surface area contributed by atoms with Gasteiger partial charge in [0.25, 0.3) is 0 Å². The van der Waals surface area contributed by atoms with Gasteiger partial charge < -0.3 is 20.1 Å². The zero-order valence-electron chi connectivity index (χ0n) is 25.4. The van der Waals surface area contributed by atoms with Crippen LogP contribution in [0, 0.1) is 5.41 Å². The van der Waals surface area contributed by atoms with Crippen molar-refractivity contribution in [2.75, 3.05) is 20.6 Å². The molecule has 3 amide bonds. The van der Waals surface area contributed by atoms with E-state index in [1.54, 1.807) is 27.8 Å². The highest BCUT2D eigenvalue weighted by molar-refractivity contribution is 5.93. The Kier molecular flexibility index (Phi) is 11.3. The van der Waals surface area contributed by atoms with Crippen molar-refractivity contribution in [3.8, 4) is 0 Å². The SMILES string of the molecule is CCC(C)(c1ccccc1)C(C(=O)NC(C(=O)N(C)C/C=C(\C)C(=O)O)C(C)(C)C)N(C)C(=O)OC(C)(C)C. The number of carbonyl (C=O) groups is 4. The van der Waals surface area contributed by atoms with Crippen LogP contribution in [0.25, 0.3) is 0 Å². The van der Waals surface area contributed by atoms with Gasteiger partial charge in [0.1, 0.15) is 17.7 Å². The molecule has 3 atom stereocenters. The third-order valence-electron chi connectivity index (χ3n) is 6.87. The highest BCUT2D eigenvalue weighted by Gasteiger charge is 2.46. The molecule has 0 fully saturated rings. The third kappa shape index (κ3) is 9.11. The zero-order chi connectivity index (χ0) is 30.3. The van der Waals surface area contributed by atoms with Crippen LogP contribution in [0.2, 0.25) is 0 Å². The molecule has 0 spiro atoms. The lowest BCUT2D eigenvalue weighted by molar-refractivity contribution is -0.140. The molecule has 1 rings (SSSR count). The van der Waals surface area contributed by atoms with E-state index in [9.17, 15) is 19.2 Å². The van der Waals surface area contributed by atoms with Crippen LogP contribution in [0.3, 0.4) is 0 Å². The van der Waals surface area contributed by atoms with Crippen LogP contribution in [0.4, 0.5) is 4.79 Å². The summed E-state index contributed by atoms with van der Waals surface area (Å²) in [5.41, 5.74) is -1.28. The maximum absolute atomic E-state index is 14.2. The normalized spacial score (nSPS) is 15.4. The molecule has 0 saturated carbocycles. The molecule has 0 heterocycles. The summed E-state index contributed by atoms with van der Waals surface area (Å²) in [5.74, 6) is -1.93. The van der Waals surface area contributed by atoms with Gasteiger partial charge in [0, 0.05) is 31.6 Å². The van der Waals surface area contributed by atoms with Crippen molar-refractivity contribution >= 4 is 23.9 Å². The minimum absolute atomic E-state index is 0.0668. The number of benzene rings is 1. The first-order valence-electron chi connectivity index (χ1n) is 13.2. The van der Waals surface area contributed by atoms with E-state index < -0.39 is 46.5 Å². The summed E-state index contributed by atoms with van der Waals surface area (Å²) >= 11 is 0. The summed E-state index contributed by atoms with van der Waals surface area (Å²) in [7, 11) is 3.10. The van der Waals surface area contributed by atoms with Crippen LogP contribution in [0.1, 0.15) is 74.3 Å². The van der Waals surface area contributed by atoms with E-state index in [0.717, 1.165) is 5.56 Å². The number of amides is 3. The summed E-state index contributed by atoms with van der Waals surface area (Å²) in [6.07, 6.45) is 1.32. The van der Waals surface area contributed by atoms with Crippen LogP contribution in [0.15, 0.2) is 42.0 Å². The molecular formula is C30H47N3O6. The summed E-state index contributed by atoms with van der Waals surface area (Å²) in [4.78, 5) is 54.8. The van der Waals surface area contributed by atoms with E-state index in [2.05, 4.69) is 5.32 Å². The van der Waals surface area contributed by atoms with Crippen molar-refractivity contribution in [2.45, 2.75) is 91.8 Å². The summed E-state index contributed by atoms with van der Waals surface area (Å²) < 4.78 is 5.62. The number of rotatable bonds is 10. The van der Waals surface area contributed by atoms with Gasteiger partial charge in [0.15, 0.2) is 0 Å². The number of hydrogen-bond acceptors (Lipinski definition) is 5. The average Bonchev–Trinajstić information content (AvgIpc) is 2.83. The highest BCUT2D eigenvalue weighted by atomic mass is 16.6. The fourth-order valence-electron chi connectivity index (χ4n) is 4.25. The molecule has 0 radical (unpaired) electrons. The van der Waals surface area contributed by atoms with Crippen molar-refractivity contribution in [3.05, 3.63) is 47.5 Å². The molecule has 0 aliphatic rings. The van der Waals surface area contributed by atoms with Crippen LogP contribution >= 0.6 is 0 Å². The van der Waals surface area contributed by atoms with E-state index in [0.29, 0.717) is 6.42 Å². The second-order valence-corrected chi connectivity index (χ2v) is 12.3. The number of likely N-dealkylation sites (N-methyl/N-ethyl adjacent to an activating group) is 2. The Hall–Kier alpha value is -3.36. The monoisotopic (exact) mass is 545 g/mol. The Morgan fingerprint density at radius 3 is 1.97 bits per heavy atom. The number of aliphatic carboxylic acids is 1. The van der Waals surface area contributed by atoms with Crippen molar-refractivity contribution in [1.82, 2.24) is 15.1 Å². The maximum Gasteiger partial charge on any atom is 0.410 e. The van der Waals surface area contributed by atoms with Crippen LogP contribution in [0.5, 0.6) is 0 Å². The van der Waals surface area contributed by atoms with Gasteiger partial charge in [-0.15, -0.1) is 0 Å². The number of hydrogen-bond donors (Lipinski definition) is 2. The number of carboxylic acids is 1. The van der Waals surface area contributed by atoms with Crippen molar-refractivity contribution < 1.29 is 29.0 Å². The van der Waals surface area contributed by atoms with Gasteiger partial charge >= 0.3 is 12.1 Å². The number of ether oxygens (including phenoxy) is 1. The second kappa shape index (κ2) is 13.1. The van der Waals surface area contributed by atoms with Gasteiger partial charge in [0.2, 0.25) is 11.8 Å². The lowest BCUT2D eigenvalue weighted by Gasteiger charge is -2.43. The Morgan fingerprint density at radius 2 is 1.54 bits per heavy atom. The van der Waals surface area contributed by atoms with E-state index in [4.69, 9.17) is 9.84 Å². The van der Waals surface area contributed by atoms with E-state index in [1.165, 1.54) is 29.8 Å². The minimum atomic E-state index is -1.07. The molecular weight excluding hydrogens is 498 g/mol. The predicted octanol–water partition coefficient (Wildman–Crippen LogP) is 4.61. The molecule has 9 heteroatoms. The molecule has 2 N–H and O–H groups in total. The topological polar surface area (TPSA) is 116 Å². The van der Waals surface area contributed by atoms with Crippen molar-refractivity contribution in [1.29, 1.82) is 0 Å².